The van der Waals surface area contributed by atoms with Crippen LogP contribution in [-0.4, -0.2) is 37.5 Å². The molecule has 1 saturated carbocycles. The number of nitrogens with one attached hydrogen (secondary N) is 1. The molecule has 0 heterocycles. The molecule has 2 unspecified atom stereocenters. The maximum atomic E-state index is 9.05. The van der Waals surface area contributed by atoms with Gasteiger partial charge in [-0.2, -0.15) is 0 Å². The summed E-state index contributed by atoms with van der Waals surface area (Å²) < 4.78 is 5.01. The van der Waals surface area contributed by atoms with Crippen LogP contribution in [0.5, 0.6) is 0 Å². The molecule has 0 saturated heterocycles. The molecule has 13 heavy (non-hydrogen) atoms. The first-order valence-electron chi connectivity index (χ1n) is 4.98. The number of hydrogen-bond donors (Lipinski definition) is 2. The minimum atomic E-state index is 0.0809. The normalized spacial score (nSPS) is 24.0. The van der Waals surface area contributed by atoms with E-state index in [1.54, 1.807) is 7.11 Å². The van der Waals surface area contributed by atoms with Crippen molar-refractivity contribution in [2.45, 2.75) is 38.8 Å². The third kappa shape index (κ3) is 2.93. The first-order valence-corrected chi connectivity index (χ1v) is 4.98. The summed E-state index contributed by atoms with van der Waals surface area (Å²) in [4.78, 5) is 0. The smallest absolute Gasteiger partial charge is 0.0638 e. The molecule has 0 bridgehead atoms. The van der Waals surface area contributed by atoms with Crippen LogP contribution in [0.3, 0.4) is 0 Å². The van der Waals surface area contributed by atoms with Crippen molar-refractivity contribution in [1.29, 1.82) is 0 Å². The molecular weight excluding hydrogens is 166 g/mol. The predicted octanol–water partition coefficient (Wildman–Crippen LogP) is 0.772. The maximum absolute atomic E-state index is 9.05. The molecule has 0 radical (unpaired) electrons. The van der Waals surface area contributed by atoms with Crippen LogP contribution in [-0.2, 0) is 4.74 Å². The van der Waals surface area contributed by atoms with Gasteiger partial charge in [0.15, 0.2) is 0 Å². The highest BCUT2D eigenvalue weighted by molar-refractivity contribution is 4.97. The van der Waals surface area contributed by atoms with E-state index in [-0.39, 0.29) is 12.6 Å². The Morgan fingerprint density at radius 2 is 2.15 bits per heavy atom. The number of ether oxygens (including phenoxy) is 1. The number of rotatable bonds is 6. The van der Waals surface area contributed by atoms with Crippen LogP contribution in [0, 0.1) is 5.41 Å². The van der Waals surface area contributed by atoms with Crippen molar-refractivity contribution in [1.82, 2.24) is 5.32 Å². The van der Waals surface area contributed by atoms with Crippen LogP contribution in [0.25, 0.3) is 0 Å². The Labute approximate surface area is 80.5 Å². The summed E-state index contributed by atoms with van der Waals surface area (Å²) in [6.45, 7) is 5.20. The summed E-state index contributed by atoms with van der Waals surface area (Å²) in [7, 11) is 1.66. The van der Waals surface area contributed by atoms with Crippen molar-refractivity contribution >= 4 is 0 Å². The van der Waals surface area contributed by atoms with Gasteiger partial charge in [0.1, 0.15) is 0 Å². The van der Waals surface area contributed by atoms with Crippen LogP contribution in [0.15, 0.2) is 0 Å². The summed E-state index contributed by atoms with van der Waals surface area (Å²) in [5, 5.41) is 12.4. The van der Waals surface area contributed by atoms with Gasteiger partial charge in [-0.05, 0) is 25.2 Å². The summed E-state index contributed by atoms with van der Waals surface area (Å²) in [5.41, 5.74) is 0.459. The van der Waals surface area contributed by atoms with Crippen LogP contribution >= 0.6 is 0 Å². The molecule has 0 aromatic heterocycles. The first kappa shape index (κ1) is 11.0. The summed E-state index contributed by atoms with van der Waals surface area (Å²) >= 11 is 0. The van der Waals surface area contributed by atoms with Crippen LogP contribution in [0.1, 0.15) is 26.7 Å². The number of methoxy groups -OCH3 is 1. The predicted molar refractivity (Wildman–Crippen MR) is 52.7 cm³/mol. The van der Waals surface area contributed by atoms with Crippen LogP contribution in [0.4, 0.5) is 0 Å². The fraction of sp³-hybridized carbons (Fsp3) is 1.00. The lowest BCUT2D eigenvalue weighted by Crippen LogP contribution is -2.45. The van der Waals surface area contributed by atoms with E-state index in [1.807, 2.05) is 0 Å². The van der Waals surface area contributed by atoms with Crippen LogP contribution in [0.2, 0.25) is 0 Å². The highest BCUT2D eigenvalue weighted by atomic mass is 16.5. The van der Waals surface area contributed by atoms with Crippen molar-refractivity contribution in [2.75, 3.05) is 20.3 Å². The van der Waals surface area contributed by atoms with E-state index in [0.717, 1.165) is 0 Å². The molecule has 1 aliphatic carbocycles. The van der Waals surface area contributed by atoms with E-state index in [4.69, 9.17) is 9.84 Å². The number of hydrogen-bond acceptors (Lipinski definition) is 3. The zero-order chi connectivity index (χ0) is 9.90. The Hall–Kier alpha value is -0.120. The summed E-state index contributed by atoms with van der Waals surface area (Å²) in [6, 6.07) is 0.553. The van der Waals surface area contributed by atoms with Gasteiger partial charge in [-0.1, -0.05) is 6.92 Å². The maximum Gasteiger partial charge on any atom is 0.0638 e. The van der Waals surface area contributed by atoms with E-state index in [2.05, 4.69) is 19.2 Å². The van der Waals surface area contributed by atoms with E-state index in [1.165, 1.54) is 12.8 Å². The average molecular weight is 187 g/mol. The second-order valence-electron chi connectivity index (χ2n) is 4.38. The molecular formula is C10H21NO2. The molecule has 1 fully saturated rings. The average Bonchev–Trinajstić information content (AvgIpc) is 2.84. The SMILES string of the molecule is COCC(CO)NC(C)C1(C)CC1. The first-order chi connectivity index (χ1) is 6.12. The number of aliphatic hydroxyl groups excluding tert-OH is 1. The molecule has 78 valence electrons. The molecule has 3 heteroatoms. The van der Waals surface area contributed by atoms with E-state index < -0.39 is 0 Å². The highest BCUT2D eigenvalue weighted by Crippen LogP contribution is 2.47. The Morgan fingerprint density at radius 3 is 2.54 bits per heavy atom. The monoisotopic (exact) mass is 187 g/mol. The van der Waals surface area contributed by atoms with Crippen molar-refractivity contribution in [2.24, 2.45) is 5.41 Å². The molecule has 2 N–H and O–H groups in total. The standard InChI is InChI=1S/C10H21NO2/c1-8(10(2)4-5-10)11-9(6-12)7-13-3/h8-9,11-12H,4-7H2,1-3H3. The van der Waals surface area contributed by atoms with Gasteiger partial charge in [-0.15, -0.1) is 0 Å². The Bertz CT molecular complexity index is 157. The molecule has 0 amide bonds. The van der Waals surface area contributed by atoms with Gasteiger partial charge in [-0.25, -0.2) is 0 Å². The minimum absolute atomic E-state index is 0.0809. The largest absolute Gasteiger partial charge is 0.395 e. The fourth-order valence-electron chi connectivity index (χ4n) is 1.54. The third-order valence-corrected chi connectivity index (χ3v) is 3.16. The molecule has 0 aromatic rings. The van der Waals surface area contributed by atoms with Gasteiger partial charge in [0.05, 0.1) is 19.3 Å². The lowest BCUT2D eigenvalue weighted by atomic mass is 10.00. The molecule has 3 nitrogen and oxygen atoms in total. The lowest BCUT2D eigenvalue weighted by molar-refractivity contribution is 0.117. The Balaban J connectivity index is 2.28. The van der Waals surface area contributed by atoms with Gasteiger partial charge in [0.2, 0.25) is 0 Å². The van der Waals surface area contributed by atoms with Gasteiger partial charge in [0.25, 0.3) is 0 Å². The molecule has 1 aliphatic rings. The van der Waals surface area contributed by atoms with Crippen molar-refractivity contribution < 1.29 is 9.84 Å². The quantitative estimate of drug-likeness (QED) is 0.645. The molecule has 2 atom stereocenters. The molecule has 0 aliphatic heterocycles. The van der Waals surface area contributed by atoms with Crippen molar-refractivity contribution in [3.8, 4) is 0 Å². The number of aliphatic hydroxyl groups is 1. The van der Waals surface area contributed by atoms with Gasteiger partial charge >= 0.3 is 0 Å². The summed E-state index contributed by atoms with van der Waals surface area (Å²) in [5.74, 6) is 0. The topological polar surface area (TPSA) is 41.5 Å². The zero-order valence-electron chi connectivity index (χ0n) is 8.84. The summed E-state index contributed by atoms with van der Waals surface area (Å²) in [6.07, 6.45) is 2.60. The van der Waals surface area contributed by atoms with Crippen molar-refractivity contribution in [3.63, 3.8) is 0 Å². The second kappa shape index (κ2) is 4.40. The van der Waals surface area contributed by atoms with E-state index in [9.17, 15) is 0 Å². The van der Waals surface area contributed by atoms with Crippen LogP contribution < -0.4 is 5.32 Å². The highest BCUT2D eigenvalue weighted by Gasteiger charge is 2.42. The second-order valence-corrected chi connectivity index (χ2v) is 4.38. The van der Waals surface area contributed by atoms with Gasteiger partial charge in [0, 0.05) is 13.2 Å². The third-order valence-electron chi connectivity index (χ3n) is 3.16. The Kier molecular flexibility index (Phi) is 3.71. The lowest BCUT2D eigenvalue weighted by Gasteiger charge is -2.25. The minimum Gasteiger partial charge on any atom is -0.395 e. The molecule has 0 spiro atoms. The van der Waals surface area contributed by atoms with E-state index in [0.29, 0.717) is 18.1 Å². The molecule has 0 aromatic carbocycles. The molecule has 1 rings (SSSR count). The Morgan fingerprint density at radius 1 is 1.54 bits per heavy atom. The fourth-order valence-corrected chi connectivity index (χ4v) is 1.54. The van der Waals surface area contributed by atoms with Crippen molar-refractivity contribution in [3.05, 3.63) is 0 Å². The van der Waals surface area contributed by atoms with E-state index >= 15 is 0 Å². The van der Waals surface area contributed by atoms with Gasteiger partial charge in [-0.3, -0.25) is 0 Å². The van der Waals surface area contributed by atoms with Gasteiger partial charge < -0.3 is 15.2 Å². The zero-order valence-corrected chi connectivity index (χ0v) is 8.84.